The molecular weight excluding hydrogens is 226 g/mol. The van der Waals surface area contributed by atoms with Gasteiger partial charge in [-0.3, -0.25) is 9.78 Å². The molecule has 0 saturated carbocycles. The highest BCUT2D eigenvalue weighted by Gasteiger charge is 2.10. The number of Topliss-reactive ketones (excluding diaryl/α,β-unsaturated/α-hetero) is 1. The number of ketones is 1. The van der Waals surface area contributed by atoms with Gasteiger partial charge in [0.05, 0.1) is 11.9 Å². The molecule has 5 heteroatoms. The van der Waals surface area contributed by atoms with Crippen LogP contribution in [0.4, 0.5) is 0 Å². The van der Waals surface area contributed by atoms with E-state index in [1.54, 1.807) is 24.4 Å². The molecule has 0 saturated heterocycles. The summed E-state index contributed by atoms with van der Waals surface area (Å²) in [5.41, 5.74) is 1.81. The minimum absolute atomic E-state index is 0.0453. The number of halogens is 1. The summed E-state index contributed by atoms with van der Waals surface area (Å²) in [6.07, 6.45) is 3.15. The van der Waals surface area contributed by atoms with Crippen molar-refractivity contribution in [1.29, 1.82) is 0 Å². The summed E-state index contributed by atoms with van der Waals surface area (Å²) in [4.78, 5) is 15.6. The van der Waals surface area contributed by atoms with Crippen LogP contribution in [0.15, 0.2) is 30.6 Å². The molecule has 16 heavy (non-hydrogen) atoms. The van der Waals surface area contributed by atoms with Crippen LogP contribution in [0.25, 0.3) is 11.3 Å². The number of hydrogen-bond acceptors (Lipinski definition) is 4. The van der Waals surface area contributed by atoms with Crippen LogP contribution in [0.3, 0.4) is 0 Å². The average Bonchev–Trinajstić information content (AvgIpc) is 2.29. The second-order valence-corrected chi connectivity index (χ2v) is 3.61. The summed E-state index contributed by atoms with van der Waals surface area (Å²) in [7, 11) is 0. The lowest BCUT2D eigenvalue weighted by molar-refractivity contribution is 0.101. The van der Waals surface area contributed by atoms with Gasteiger partial charge in [-0.25, -0.2) is 0 Å². The van der Waals surface area contributed by atoms with Crippen LogP contribution >= 0.6 is 11.6 Å². The Hall–Kier alpha value is -1.81. The van der Waals surface area contributed by atoms with Crippen LogP contribution in [0.5, 0.6) is 0 Å². The highest BCUT2D eigenvalue weighted by atomic mass is 35.5. The zero-order valence-corrected chi connectivity index (χ0v) is 9.27. The first-order chi connectivity index (χ1) is 7.68. The van der Waals surface area contributed by atoms with E-state index in [4.69, 9.17) is 11.6 Å². The van der Waals surface area contributed by atoms with E-state index in [0.29, 0.717) is 16.8 Å². The third-order valence-electron chi connectivity index (χ3n) is 2.09. The standard InChI is InChI=1S/C11H8ClN3O/c1-7(16)9-3-2-4-13-11(9)8-5-10(12)15-14-6-8/h2-6H,1H3. The highest BCUT2D eigenvalue weighted by Crippen LogP contribution is 2.22. The monoisotopic (exact) mass is 233 g/mol. The molecule has 0 N–H and O–H groups in total. The van der Waals surface area contributed by atoms with Crippen LogP contribution in [0, 0.1) is 0 Å². The van der Waals surface area contributed by atoms with Gasteiger partial charge in [0, 0.05) is 17.3 Å². The molecule has 2 aromatic rings. The maximum Gasteiger partial charge on any atom is 0.161 e. The van der Waals surface area contributed by atoms with E-state index in [-0.39, 0.29) is 10.9 Å². The molecule has 0 aromatic carbocycles. The fourth-order valence-electron chi connectivity index (χ4n) is 1.39. The number of nitrogens with zero attached hydrogens (tertiary/aromatic N) is 3. The third-order valence-corrected chi connectivity index (χ3v) is 2.27. The van der Waals surface area contributed by atoms with Crippen molar-refractivity contribution < 1.29 is 4.79 Å². The van der Waals surface area contributed by atoms with Crippen molar-refractivity contribution in [2.24, 2.45) is 0 Å². The highest BCUT2D eigenvalue weighted by molar-refractivity contribution is 6.29. The Morgan fingerprint density at radius 3 is 2.94 bits per heavy atom. The molecule has 0 unspecified atom stereocenters. The predicted molar refractivity (Wildman–Crippen MR) is 60.3 cm³/mol. The number of aromatic nitrogens is 3. The molecule has 0 fully saturated rings. The zero-order chi connectivity index (χ0) is 11.5. The summed E-state index contributed by atoms with van der Waals surface area (Å²) in [5, 5.41) is 7.65. The van der Waals surface area contributed by atoms with Gasteiger partial charge < -0.3 is 0 Å². The normalized spacial score (nSPS) is 10.1. The van der Waals surface area contributed by atoms with Gasteiger partial charge in [0.1, 0.15) is 0 Å². The topological polar surface area (TPSA) is 55.7 Å². The van der Waals surface area contributed by atoms with E-state index in [9.17, 15) is 4.79 Å². The molecule has 0 aliphatic rings. The smallest absolute Gasteiger partial charge is 0.161 e. The van der Waals surface area contributed by atoms with Gasteiger partial charge in [-0.05, 0) is 25.1 Å². The van der Waals surface area contributed by atoms with Crippen LogP contribution in [-0.4, -0.2) is 21.0 Å². The second-order valence-electron chi connectivity index (χ2n) is 3.22. The molecule has 0 spiro atoms. The minimum Gasteiger partial charge on any atom is -0.294 e. The SMILES string of the molecule is CC(=O)c1cccnc1-c1cnnc(Cl)c1. The van der Waals surface area contributed by atoms with Crippen molar-refractivity contribution in [1.82, 2.24) is 15.2 Å². The number of rotatable bonds is 2. The van der Waals surface area contributed by atoms with Crippen molar-refractivity contribution in [3.8, 4) is 11.3 Å². The largest absolute Gasteiger partial charge is 0.294 e. The minimum atomic E-state index is -0.0453. The Morgan fingerprint density at radius 2 is 2.25 bits per heavy atom. The van der Waals surface area contributed by atoms with E-state index in [2.05, 4.69) is 15.2 Å². The van der Waals surface area contributed by atoms with Crippen LogP contribution < -0.4 is 0 Å². The predicted octanol–water partition coefficient (Wildman–Crippen LogP) is 2.39. The van der Waals surface area contributed by atoms with Crippen molar-refractivity contribution in [3.05, 3.63) is 41.3 Å². The first-order valence-corrected chi connectivity index (χ1v) is 5.01. The van der Waals surface area contributed by atoms with Gasteiger partial charge in [-0.1, -0.05) is 11.6 Å². The lowest BCUT2D eigenvalue weighted by atomic mass is 10.1. The number of hydrogen-bond donors (Lipinski definition) is 0. The summed E-state index contributed by atoms with van der Waals surface area (Å²) < 4.78 is 0. The van der Waals surface area contributed by atoms with Crippen molar-refractivity contribution in [2.45, 2.75) is 6.92 Å². The summed E-state index contributed by atoms with van der Waals surface area (Å²) in [6.45, 7) is 1.50. The Bertz CT molecular complexity index is 542. The number of pyridine rings is 1. The van der Waals surface area contributed by atoms with Gasteiger partial charge in [0.15, 0.2) is 10.9 Å². The second kappa shape index (κ2) is 4.37. The summed E-state index contributed by atoms with van der Waals surface area (Å²) >= 11 is 5.74. The van der Waals surface area contributed by atoms with Crippen molar-refractivity contribution in [3.63, 3.8) is 0 Å². The van der Waals surface area contributed by atoms with Gasteiger partial charge in [-0.15, -0.1) is 5.10 Å². The molecule has 2 rings (SSSR count). The van der Waals surface area contributed by atoms with Crippen LogP contribution in [-0.2, 0) is 0 Å². The first-order valence-electron chi connectivity index (χ1n) is 4.63. The van der Waals surface area contributed by atoms with Crippen molar-refractivity contribution >= 4 is 17.4 Å². The van der Waals surface area contributed by atoms with Gasteiger partial charge in [0.25, 0.3) is 0 Å². The lowest BCUT2D eigenvalue weighted by Gasteiger charge is -2.04. The van der Waals surface area contributed by atoms with Crippen molar-refractivity contribution in [2.75, 3.05) is 0 Å². The Balaban J connectivity index is 2.60. The molecule has 2 heterocycles. The van der Waals surface area contributed by atoms with E-state index in [1.807, 2.05) is 0 Å². The molecule has 2 aromatic heterocycles. The number of carbonyl (C=O) groups is 1. The fraction of sp³-hybridized carbons (Fsp3) is 0.0909. The zero-order valence-electron chi connectivity index (χ0n) is 8.51. The van der Waals surface area contributed by atoms with Crippen LogP contribution in [0.1, 0.15) is 17.3 Å². The fourth-order valence-corrected chi connectivity index (χ4v) is 1.55. The van der Waals surface area contributed by atoms with E-state index < -0.39 is 0 Å². The van der Waals surface area contributed by atoms with Crippen LogP contribution in [0.2, 0.25) is 5.15 Å². The Kier molecular flexibility index (Phi) is 2.92. The molecule has 0 aliphatic carbocycles. The quantitative estimate of drug-likeness (QED) is 0.748. The maximum atomic E-state index is 11.4. The maximum absolute atomic E-state index is 11.4. The molecule has 0 atom stereocenters. The van der Waals surface area contributed by atoms with Gasteiger partial charge in [0.2, 0.25) is 0 Å². The van der Waals surface area contributed by atoms with Gasteiger partial charge >= 0.3 is 0 Å². The van der Waals surface area contributed by atoms with E-state index in [0.717, 1.165) is 0 Å². The Labute approximate surface area is 97.3 Å². The summed E-state index contributed by atoms with van der Waals surface area (Å²) in [5.74, 6) is -0.0453. The first kappa shape index (κ1) is 10.7. The average molecular weight is 234 g/mol. The molecule has 0 bridgehead atoms. The number of carbonyl (C=O) groups excluding carboxylic acids is 1. The van der Waals surface area contributed by atoms with E-state index in [1.165, 1.54) is 13.1 Å². The molecule has 0 radical (unpaired) electrons. The third kappa shape index (κ3) is 2.06. The molecule has 0 aliphatic heterocycles. The molecule has 0 amide bonds. The molecular formula is C11H8ClN3O. The molecule has 80 valence electrons. The molecule has 4 nitrogen and oxygen atoms in total. The lowest BCUT2D eigenvalue weighted by Crippen LogP contribution is -1.98. The van der Waals surface area contributed by atoms with E-state index >= 15 is 0 Å². The Morgan fingerprint density at radius 1 is 1.44 bits per heavy atom. The summed E-state index contributed by atoms with van der Waals surface area (Å²) in [6, 6.07) is 5.07. The van der Waals surface area contributed by atoms with Gasteiger partial charge in [-0.2, -0.15) is 5.10 Å².